The standard InChI is InChI=1S/C18H15FN2O3/c1-21-15-10-14(7-8-16(15)24-11-18(21)23)20-17(22)9-4-12-2-5-13(19)6-3-12/h2-10H,11H2,1H3,(H,20,22)/b9-4+. The predicted molar refractivity (Wildman–Crippen MR) is 89.4 cm³/mol. The molecule has 1 heterocycles. The van der Waals surface area contributed by atoms with Gasteiger partial charge in [-0.15, -0.1) is 0 Å². The van der Waals surface area contributed by atoms with Crippen LogP contribution in [0.15, 0.2) is 48.5 Å². The van der Waals surface area contributed by atoms with Crippen molar-refractivity contribution in [1.29, 1.82) is 0 Å². The molecule has 122 valence electrons. The Bertz CT molecular complexity index is 816. The Hall–Kier alpha value is -3.15. The van der Waals surface area contributed by atoms with Crippen LogP contribution in [0.3, 0.4) is 0 Å². The van der Waals surface area contributed by atoms with E-state index in [0.717, 1.165) is 5.56 Å². The maximum Gasteiger partial charge on any atom is 0.264 e. The maximum atomic E-state index is 12.8. The number of hydrogen-bond donors (Lipinski definition) is 1. The highest BCUT2D eigenvalue weighted by molar-refractivity contribution is 6.03. The van der Waals surface area contributed by atoms with Gasteiger partial charge in [0.05, 0.1) is 5.69 Å². The van der Waals surface area contributed by atoms with E-state index in [-0.39, 0.29) is 24.2 Å². The predicted octanol–water partition coefficient (Wildman–Crippen LogP) is 2.83. The summed E-state index contributed by atoms with van der Waals surface area (Å²) in [5.41, 5.74) is 1.87. The number of benzene rings is 2. The number of carbonyl (C=O) groups is 2. The zero-order valence-corrected chi connectivity index (χ0v) is 13.0. The van der Waals surface area contributed by atoms with E-state index in [4.69, 9.17) is 4.74 Å². The molecule has 0 atom stereocenters. The number of likely N-dealkylation sites (N-methyl/N-ethyl adjacent to an activating group) is 1. The van der Waals surface area contributed by atoms with E-state index in [0.29, 0.717) is 17.1 Å². The minimum atomic E-state index is -0.329. The van der Waals surface area contributed by atoms with Gasteiger partial charge in [0.1, 0.15) is 11.6 Å². The molecule has 0 aliphatic carbocycles. The molecule has 0 bridgehead atoms. The van der Waals surface area contributed by atoms with Crippen LogP contribution < -0.4 is 15.0 Å². The van der Waals surface area contributed by atoms with Crippen molar-refractivity contribution >= 4 is 29.3 Å². The summed E-state index contributed by atoms with van der Waals surface area (Å²) >= 11 is 0. The van der Waals surface area contributed by atoms with Crippen LogP contribution in [0.2, 0.25) is 0 Å². The number of halogens is 1. The molecule has 0 fully saturated rings. The van der Waals surface area contributed by atoms with Crippen molar-refractivity contribution < 1.29 is 18.7 Å². The fraction of sp³-hybridized carbons (Fsp3) is 0.111. The topological polar surface area (TPSA) is 58.6 Å². The van der Waals surface area contributed by atoms with Crippen LogP contribution in [-0.4, -0.2) is 25.5 Å². The third-order valence-corrected chi connectivity index (χ3v) is 3.61. The third-order valence-electron chi connectivity index (χ3n) is 3.61. The summed E-state index contributed by atoms with van der Waals surface area (Å²) in [6.45, 7) is 0.00954. The lowest BCUT2D eigenvalue weighted by molar-refractivity contribution is -0.121. The van der Waals surface area contributed by atoms with Gasteiger partial charge < -0.3 is 15.0 Å². The number of nitrogens with zero attached hydrogens (tertiary/aromatic N) is 1. The molecule has 1 aliphatic rings. The van der Waals surface area contributed by atoms with Crippen molar-refractivity contribution in [2.45, 2.75) is 0 Å². The minimum Gasteiger partial charge on any atom is -0.482 e. The largest absolute Gasteiger partial charge is 0.482 e. The first-order chi connectivity index (χ1) is 11.5. The summed E-state index contributed by atoms with van der Waals surface area (Å²) in [6, 6.07) is 10.9. The molecular formula is C18H15FN2O3. The van der Waals surface area contributed by atoms with Gasteiger partial charge in [-0.25, -0.2) is 4.39 Å². The third kappa shape index (κ3) is 3.43. The SMILES string of the molecule is CN1C(=O)COc2ccc(NC(=O)/C=C/c3ccc(F)cc3)cc21. The molecule has 24 heavy (non-hydrogen) atoms. The van der Waals surface area contributed by atoms with Crippen molar-refractivity contribution in [2.75, 3.05) is 23.9 Å². The maximum absolute atomic E-state index is 12.8. The fourth-order valence-corrected chi connectivity index (χ4v) is 2.28. The average Bonchev–Trinajstić information content (AvgIpc) is 2.58. The quantitative estimate of drug-likeness (QED) is 0.883. The lowest BCUT2D eigenvalue weighted by Crippen LogP contribution is -2.35. The van der Waals surface area contributed by atoms with Crippen LogP contribution in [0.4, 0.5) is 15.8 Å². The lowest BCUT2D eigenvalue weighted by Gasteiger charge is -2.26. The number of rotatable bonds is 3. The van der Waals surface area contributed by atoms with Crippen LogP contribution in [0.25, 0.3) is 6.08 Å². The summed E-state index contributed by atoms with van der Waals surface area (Å²) in [5, 5.41) is 2.72. The lowest BCUT2D eigenvalue weighted by atomic mass is 10.2. The monoisotopic (exact) mass is 326 g/mol. The van der Waals surface area contributed by atoms with Gasteiger partial charge in [0.25, 0.3) is 5.91 Å². The number of anilines is 2. The van der Waals surface area contributed by atoms with Gasteiger partial charge in [-0.1, -0.05) is 12.1 Å². The summed E-state index contributed by atoms with van der Waals surface area (Å²) < 4.78 is 18.2. The number of amides is 2. The van der Waals surface area contributed by atoms with E-state index in [2.05, 4.69) is 5.32 Å². The zero-order valence-electron chi connectivity index (χ0n) is 13.0. The average molecular weight is 326 g/mol. The minimum absolute atomic E-state index is 0.00954. The molecule has 0 radical (unpaired) electrons. The zero-order chi connectivity index (χ0) is 17.1. The molecule has 0 saturated heterocycles. The molecule has 0 aromatic heterocycles. The van der Waals surface area contributed by atoms with Crippen molar-refractivity contribution in [3.05, 3.63) is 59.9 Å². The number of fused-ring (bicyclic) bond motifs is 1. The van der Waals surface area contributed by atoms with Crippen LogP contribution in [-0.2, 0) is 9.59 Å². The van der Waals surface area contributed by atoms with Gasteiger partial charge in [-0.3, -0.25) is 9.59 Å². The highest BCUT2D eigenvalue weighted by atomic mass is 19.1. The Labute approximate surface area is 138 Å². The van der Waals surface area contributed by atoms with Gasteiger partial charge in [0.15, 0.2) is 6.61 Å². The first-order valence-electron chi connectivity index (χ1n) is 7.31. The van der Waals surface area contributed by atoms with Crippen LogP contribution in [0, 0.1) is 5.82 Å². The van der Waals surface area contributed by atoms with Crippen molar-refractivity contribution in [3.63, 3.8) is 0 Å². The molecular weight excluding hydrogens is 311 g/mol. The summed E-state index contributed by atoms with van der Waals surface area (Å²) in [7, 11) is 1.66. The first kappa shape index (κ1) is 15.7. The fourth-order valence-electron chi connectivity index (χ4n) is 2.28. The second-order valence-corrected chi connectivity index (χ2v) is 5.30. The van der Waals surface area contributed by atoms with E-state index in [1.807, 2.05) is 0 Å². The number of hydrogen-bond acceptors (Lipinski definition) is 3. The normalized spacial score (nSPS) is 13.6. The van der Waals surface area contributed by atoms with E-state index < -0.39 is 0 Å². The Kier molecular flexibility index (Phi) is 4.29. The van der Waals surface area contributed by atoms with Crippen molar-refractivity contribution in [3.8, 4) is 5.75 Å². The molecule has 2 aromatic rings. The van der Waals surface area contributed by atoms with Gasteiger partial charge >= 0.3 is 0 Å². The van der Waals surface area contributed by atoms with E-state index in [1.165, 1.54) is 23.1 Å². The van der Waals surface area contributed by atoms with E-state index in [9.17, 15) is 14.0 Å². The second-order valence-electron chi connectivity index (χ2n) is 5.30. The molecule has 1 N–H and O–H groups in total. The van der Waals surface area contributed by atoms with Gasteiger partial charge in [0.2, 0.25) is 5.91 Å². The smallest absolute Gasteiger partial charge is 0.264 e. The number of nitrogens with one attached hydrogen (secondary N) is 1. The van der Waals surface area contributed by atoms with Crippen LogP contribution in [0.5, 0.6) is 5.75 Å². The number of carbonyl (C=O) groups excluding carboxylic acids is 2. The van der Waals surface area contributed by atoms with Gasteiger partial charge in [-0.05, 0) is 42.0 Å². The molecule has 3 rings (SSSR count). The molecule has 1 aliphatic heterocycles. The summed E-state index contributed by atoms with van der Waals surface area (Å²) in [4.78, 5) is 25.1. The van der Waals surface area contributed by atoms with E-state index in [1.54, 1.807) is 43.5 Å². The Balaban J connectivity index is 1.71. The van der Waals surface area contributed by atoms with Gasteiger partial charge in [0, 0.05) is 18.8 Å². The molecule has 0 unspecified atom stereocenters. The first-order valence-corrected chi connectivity index (χ1v) is 7.31. The second kappa shape index (κ2) is 6.54. The number of ether oxygens (including phenoxy) is 1. The summed E-state index contributed by atoms with van der Waals surface area (Å²) in [5.74, 6) is -0.212. The Morgan fingerprint density at radius 1 is 1.25 bits per heavy atom. The molecule has 2 amide bonds. The van der Waals surface area contributed by atoms with Crippen molar-refractivity contribution in [2.24, 2.45) is 0 Å². The van der Waals surface area contributed by atoms with Crippen LogP contribution >= 0.6 is 0 Å². The van der Waals surface area contributed by atoms with Crippen LogP contribution in [0.1, 0.15) is 5.56 Å². The molecule has 0 saturated carbocycles. The molecule has 0 spiro atoms. The van der Waals surface area contributed by atoms with E-state index >= 15 is 0 Å². The summed E-state index contributed by atoms with van der Waals surface area (Å²) in [6.07, 6.45) is 2.95. The Morgan fingerprint density at radius 2 is 2.00 bits per heavy atom. The highest BCUT2D eigenvalue weighted by Gasteiger charge is 2.22. The molecule has 6 heteroatoms. The van der Waals surface area contributed by atoms with Crippen molar-refractivity contribution in [1.82, 2.24) is 0 Å². The molecule has 5 nitrogen and oxygen atoms in total. The Morgan fingerprint density at radius 3 is 2.75 bits per heavy atom. The highest BCUT2D eigenvalue weighted by Crippen LogP contribution is 2.33. The van der Waals surface area contributed by atoms with Gasteiger partial charge in [-0.2, -0.15) is 0 Å². The molecule has 2 aromatic carbocycles.